The number of anilines is 1. The number of likely N-dealkylation sites (tertiary alicyclic amines) is 1. The summed E-state index contributed by atoms with van der Waals surface area (Å²) in [5.41, 5.74) is 2.19. The maximum atomic E-state index is 12.3. The lowest BCUT2D eigenvalue weighted by atomic mass is 9.98. The summed E-state index contributed by atoms with van der Waals surface area (Å²) in [4.78, 5) is 14.6. The van der Waals surface area contributed by atoms with E-state index in [1.165, 1.54) is 18.4 Å². The van der Waals surface area contributed by atoms with Gasteiger partial charge in [0, 0.05) is 5.69 Å². The SMILES string of the molecule is CCc1ccc(NC(=O)[C@H](C)N2CCC(C)CC2)cc1. The van der Waals surface area contributed by atoms with Crippen molar-refractivity contribution in [3.05, 3.63) is 29.8 Å². The van der Waals surface area contributed by atoms with Crippen LogP contribution in [0.5, 0.6) is 0 Å². The molecule has 0 spiro atoms. The Morgan fingerprint density at radius 1 is 1.30 bits per heavy atom. The third kappa shape index (κ3) is 3.83. The number of nitrogens with zero attached hydrogens (tertiary/aromatic N) is 1. The lowest BCUT2D eigenvalue weighted by molar-refractivity contribution is -0.121. The highest BCUT2D eigenvalue weighted by molar-refractivity contribution is 5.94. The molecule has 3 nitrogen and oxygen atoms in total. The molecule has 1 atom stereocenters. The first-order valence-corrected chi connectivity index (χ1v) is 7.74. The largest absolute Gasteiger partial charge is 0.325 e. The fourth-order valence-electron chi connectivity index (χ4n) is 2.65. The number of piperidine rings is 1. The van der Waals surface area contributed by atoms with Crippen molar-refractivity contribution in [2.24, 2.45) is 5.92 Å². The Kier molecular flexibility index (Phi) is 5.18. The highest BCUT2D eigenvalue weighted by atomic mass is 16.2. The minimum Gasteiger partial charge on any atom is -0.325 e. The molecule has 1 amide bonds. The van der Waals surface area contributed by atoms with E-state index in [2.05, 4.69) is 36.2 Å². The molecule has 1 aliphatic heterocycles. The molecule has 20 heavy (non-hydrogen) atoms. The van der Waals surface area contributed by atoms with Crippen LogP contribution in [0.4, 0.5) is 5.69 Å². The molecule has 1 fully saturated rings. The average molecular weight is 274 g/mol. The summed E-state index contributed by atoms with van der Waals surface area (Å²) in [6, 6.07) is 8.07. The Balaban J connectivity index is 1.89. The molecule has 110 valence electrons. The maximum Gasteiger partial charge on any atom is 0.241 e. The zero-order valence-electron chi connectivity index (χ0n) is 12.9. The van der Waals surface area contributed by atoms with Gasteiger partial charge in [-0.1, -0.05) is 26.0 Å². The summed E-state index contributed by atoms with van der Waals surface area (Å²) in [7, 11) is 0. The molecule has 0 unspecified atom stereocenters. The Labute approximate surface area is 122 Å². The van der Waals surface area contributed by atoms with Gasteiger partial charge in [0.2, 0.25) is 5.91 Å². The van der Waals surface area contributed by atoms with Crippen LogP contribution >= 0.6 is 0 Å². The van der Waals surface area contributed by atoms with E-state index in [4.69, 9.17) is 0 Å². The first-order chi connectivity index (χ1) is 9.60. The number of hydrogen-bond donors (Lipinski definition) is 1. The fraction of sp³-hybridized carbons (Fsp3) is 0.588. The number of carbonyl (C=O) groups is 1. The third-order valence-electron chi connectivity index (χ3n) is 4.38. The van der Waals surface area contributed by atoms with Gasteiger partial charge >= 0.3 is 0 Å². The maximum absolute atomic E-state index is 12.3. The van der Waals surface area contributed by atoms with E-state index in [0.29, 0.717) is 0 Å². The van der Waals surface area contributed by atoms with Crippen molar-refractivity contribution in [1.29, 1.82) is 0 Å². The van der Waals surface area contributed by atoms with Crippen LogP contribution in [0.3, 0.4) is 0 Å². The van der Waals surface area contributed by atoms with Crippen molar-refractivity contribution in [2.45, 2.75) is 46.1 Å². The number of amides is 1. The number of carbonyl (C=O) groups excluding carboxylic acids is 1. The van der Waals surface area contributed by atoms with Crippen LogP contribution in [-0.2, 0) is 11.2 Å². The Morgan fingerprint density at radius 2 is 1.90 bits per heavy atom. The van der Waals surface area contributed by atoms with Crippen molar-refractivity contribution in [1.82, 2.24) is 4.90 Å². The molecular weight excluding hydrogens is 248 g/mol. The van der Waals surface area contributed by atoms with Crippen molar-refractivity contribution in [3.8, 4) is 0 Å². The highest BCUT2D eigenvalue weighted by Crippen LogP contribution is 2.19. The van der Waals surface area contributed by atoms with Gasteiger partial charge in [-0.3, -0.25) is 9.69 Å². The molecule has 1 N–H and O–H groups in total. The molecule has 1 aliphatic rings. The fourth-order valence-corrected chi connectivity index (χ4v) is 2.65. The predicted octanol–water partition coefficient (Wildman–Crippen LogP) is 3.31. The van der Waals surface area contributed by atoms with Crippen LogP contribution in [0.25, 0.3) is 0 Å². The van der Waals surface area contributed by atoms with Crippen molar-refractivity contribution >= 4 is 11.6 Å². The van der Waals surface area contributed by atoms with E-state index in [0.717, 1.165) is 31.1 Å². The van der Waals surface area contributed by atoms with Gasteiger partial charge in [-0.2, -0.15) is 0 Å². The molecule has 3 heteroatoms. The number of rotatable bonds is 4. The van der Waals surface area contributed by atoms with Gasteiger partial charge in [0.15, 0.2) is 0 Å². The molecular formula is C17H26N2O. The van der Waals surface area contributed by atoms with Crippen LogP contribution in [0, 0.1) is 5.92 Å². The van der Waals surface area contributed by atoms with E-state index in [-0.39, 0.29) is 11.9 Å². The van der Waals surface area contributed by atoms with Crippen LogP contribution in [0.15, 0.2) is 24.3 Å². The normalized spacial score (nSPS) is 18.8. The molecule has 0 aliphatic carbocycles. The second kappa shape index (κ2) is 6.89. The lowest BCUT2D eigenvalue weighted by Gasteiger charge is -2.34. The van der Waals surface area contributed by atoms with Gasteiger partial charge in [-0.05, 0) is 62.9 Å². The molecule has 1 aromatic rings. The standard InChI is InChI=1S/C17H26N2O/c1-4-15-5-7-16(8-6-15)18-17(20)14(3)19-11-9-13(2)10-12-19/h5-8,13-14H,4,9-12H2,1-3H3,(H,18,20)/t14-/m0/s1. The number of aryl methyl sites for hydroxylation is 1. The molecule has 0 bridgehead atoms. The molecule has 0 saturated carbocycles. The molecule has 1 heterocycles. The number of hydrogen-bond acceptors (Lipinski definition) is 2. The van der Waals surface area contributed by atoms with Crippen molar-refractivity contribution < 1.29 is 4.79 Å². The summed E-state index contributed by atoms with van der Waals surface area (Å²) >= 11 is 0. The molecule has 0 aromatic heterocycles. The Hall–Kier alpha value is -1.35. The second-order valence-corrected chi connectivity index (χ2v) is 5.93. The van der Waals surface area contributed by atoms with Gasteiger partial charge in [0.1, 0.15) is 0 Å². The first-order valence-electron chi connectivity index (χ1n) is 7.74. The number of benzene rings is 1. The number of nitrogens with one attached hydrogen (secondary N) is 1. The van der Waals surface area contributed by atoms with Crippen molar-refractivity contribution in [2.75, 3.05) is 18.4 Å². The Morgan fingerprint density at radius 3 is 2.45 bits per heavy atom. The second-order valence-electron chi connectivity index (χ2n) is 5.93. The predicted molar refractivity (Wildman–Crippen MR) is 83.9 cm³/mol. The van der Waals surface area contributed by atoms with Gasteiger partial charge in [-0.25, -0.2) is 0 Å². The molecule has 0 radical (unpaired) electrons. The highest BCUT2D eigenvalue weighted by Gasteiger charge is 2.24. The summed E-state index contributed by atoms with van der Waals surface area (Å²) in [5, 5.41) is 3.02. The summed E-state index contributed by atoms with van der Waals surface area (Å²) in [6.07, 6.45) is 3.42. The quantitative estimate of drug-likeness (QED) is 0.913. The zero-order chi connectivity index (χ0) is 14.5. The smallest absolute Gasteiger partial charge is 0.241 e. The van der Waals surface area contributed by atoms with Gasteiger partial charge in [0.05, 0.1) is 6.04 Å². The lowest BCUT2D eigenvalue weighted by Crippen LogP contribution is -2.45. The van der Waals surface area contributed by atoms with Crippen molar-refractivity contribution in [3.63, 3.8) is 0 Å². The monoisotopic (exact) mass is 274 g/mol. The average Bonchev–Trinajstić information content (AvgIpc) is 2.48. The summed E-state index contributed by atoms with van der Waals surface area (Å²) < 4.78 is 0. The Bertz CT molecular complexity index is 433. The van der Waals surface area contributed by atoms with E-state index < -0.39 is 0 Å². The minimum atomic E-state index is -0.0478. The molecule has 1 aromatic carbocycles. The van der Waals surface area contributed by atoms with E-state index in [1.54, 1.807) is 0 Å². The van der Waals surface area contributed by atoms with Gasteiger partial charge in [-0.15, -0.1) is 0 Å². The molecule has 2 rings (SSSR count). The minimum absolute atomic E-state index is 0.0478. The van der Waals surface area contributed by atoms with E-state index in [1.807, 2.05) is 19.1 Å². The third-order valence-corrected chi connectivity index (χ3v) is 4.38. The van der Waals surface area contributed by atoms with Gasteiger partial charge < -0.3 is 5.32 Å². The molecule has 1 saturated heterocycles. The van der Waals surface area contributed by atoms with E-state index >= 15 is 0 Å². The zero-order valence-corrected chi connectivity index (χ0v) is 12.9. The summed E-state index contributed by atoms with van der Waals surface area (Å²) in [6.45, 7) is 8.49. The van der Waals surface area contributed by atoms with Gasteiger partial charge in [0.25, 0.3) is 0 Å². The summed E-state index contributed by atoms with van der Waals surface area (Å²) in [5.74, 6) is 0.895. The first kappa shape index (κ1) is 15.0. The van der Waals surface area contributed by atoms with Crippen LogP contribution in [0.1, 0.15) is 39.2 Å². The van der Waals surface area contributed by atoms with Crippen LogP contribution in [0.2, 0.25) is 0 Å². The van der Waals surface area contributed by atoms with Crippen LogP contribution < -0.4 is 5.32 Å². The topological polar surface area (TPSA) is 32.3 Å². The van der Waals surface area contributed by atoms with E-state index in [9.17, 15) is 4.79 Å². The van der Waals surface area contributed by atoms with Crippen LogP contribution in [-0.4, -0.2) is 29.9 Å².